The summed E-state index contributed by atoms with van der Waals surface area (Å²) in [5.74, 6) is 2.84. The molecule has 0 aliphatic heterocycles. The maximum atomic E-state index is 10.1. The lowest BCUT2D eigenvalue weighted by molar-refractivity contribution is 0.0490. The van der Waals surface area contributed by atoms with Crippen molar-refractivity contribution in [3.63, 3.8) is 0 Å². The number of rotatable bonds is 4. The van der Waals surface area contributed by atoms with E-state index in [1.54, 1.807) is 0 Å². The van der Waals surface area contributed by atoms with Gasteiger partial charge in [0.1, 0.15) is 0 Å². The van der Waals surface area contributed by atoms with Crippen LogP contribution in [-0.4, -0.2) is 17.8 Å². The second-order valence-corrected chi connectivity index (χ2v) is 4.88. The topological polar surface area (TPSA) is 46.2 Å². The molecule has 2 fully saturated rings. The summed E-state index contributed by atoms with van der Waals surface area (Å²) >= 11 is 0. The molecule has 4 atom stereocenters. The fraction of sp³-hybridized carbons (Fsp3) is 1.00. The molecule has 2 heteroatoms. The standard InChI is InChI=1S/C11H21NO/c1-2-7(6-12)11(13)10-4-8-3-9(8)5-10/h7-11,13H,2-6,12H2,1H3. The lowest BCUT2D eigenvalue weighted by atomic mass is 9.86. The van der Waals surface area contributed by atoms with Crippen LogP contribution in [0.5, 0.6) is 0 Å². The van der Waals surface area contributed by atoms with Crippen LogP contribution in [0.15, 0.2) is 0 Å². The largest absolute Gasteiger partial charge is 0.393 e. The van der Waals surface area contributed by atoms with Crippen molar-refractivity contribution in [2.75, 3.05) is 6.54 Å². The predicted molar refractivity (Wildman–Crippen MR) is 53.2 cm³/mol. The molecule has 2 aliphatic rings. The van der Waals surface area contributed by atoms with E-state index in [2.05, 4.69) is 6.92 Å². The number of aliphatic hydroxyl groups is 1. The van der Waals surface area contributed by atoms with Crippen LogP contribution in [0.2, 0.25) is 0 Å². The zero-order valence-corrected chi connectivity index (χ0v) is 8.45. The highest BCUT2D eigenvalue weighted by atomic mass is 16.3. The number of aliphatic hydroxyl groups excluding tert-OH is 1. The molecule has 0 spiro atoms. The predicted octanol–water partition coefficient (Wildman–Crippen LogP) is 1.38. The van der Waals surface area contributed by atoms with Gasteiger partial charge in [-0.3, -0.25) is 0 Å². The Kier molecular flexibility index (Phi) is 2.61. The summed E-state index contributed by atoms with van der Waals surface area (Å²) in [4.78, 5) is 0. The second-order valence-electron chi connectivity index (χ2n) is 4.88. The van der Waals surface area contributed by atoms with Crippen LogP contribution in [0.25, 0.3) is 0 Å². The van der Waals surface area contributed by atoms with Crippen molar-refractivity contribution in [3.05, 3.63) is 0 Å². The van der Waals surface area contributed by atoms with Crippen molar-refractivity contribution < 1.29 is 5.11 Å². The van der Waals surface area contributed by atoms with Crippen LogP contribution in [0.3, 0.4) is 0 Å². The van der Waals surface area contributed by atoms with E-state index in [4.69, 9.17) is 5.73 Å². The summed E-state index contributed by atoms with van der Waals surface area (Å²) in [6.45, 7) is 2.76. The van der Waals surface area contributed by atoms with Crippen molar-refractivity contribution in [2.24, 2.45) is 29.4 Å². The smallest absolute Gasteiger partial charge is 0.0608 e. The Bertz CT molecular complexity index is 169. The lowest BCUT2D eigenvalue weighted by Crippen LogP contribution is -2.33. The molecule has 2 saturated carbocycles. The molecule has 0 amide bonds. The first-order chi connectivity index (χ1) is 6.26. The Labute approximate surface area is 80.5 Å². The van der Waals surface area contributed by atoms with E-state index >= 15 is 0 Å². The quantitative estimate of drug-likeness (QED) is 0.691. The minimum atomic E-state index is -0.122. The molecule has 76 valence electrons. The maximum absolute atomic E-state index is 10.1. The summed E-state index contributed by atoms with van der Waals surface area (Å²) in [5, 5.41) is 10.1. The molecule has 3 N–H and O–H groups in total. The molecule has 0 aromatic rings. The Balaban J connectivity index is 1.85. The van der Waals surface area contributed by atoms with Gasteiger partial charge in [0.2, 0.25) is 0 Å². The molecule has 0 saturated heterocycles. The first-order valence-electron chi connectivity index (χ1n) is 5.64. The number of hydrogen-bond acceptors (Lipinski definition) is 2. The average molecular weight is 183 g/mol. The molecule has 2 rings (SSSR count). The molecule has 0 heterocycles. The van der Waals surface area contributed by atoms with Crippen LogP contribution < -0.4 is 5.73 Å². The van der Waals surface area contributed by atoms with Crippen molar-refractivity contribution in [3.8, 4) is 0 Å². The first kappa shape index (κ1) is 9.47. The van der Waals surface area contributed by atoms with Crippen molar-refractivity contribution >= 4 is 0 Å². The molecule has 13 heavy (non-hydrogen) atoms. The summed E-state index contributed by atoms with van der Waals surface area (Å²) in [6.07, 6.45) is 4.86. The minimum absolute atomic E-state index is 0.122. The van der Waals surface area contributed by atoms with Gasteiger partial charge in [0.15, 0.2) is 0 Å². The Morgan fingerprint density at radius 1 is 1.31 bits per heavy atom. The fourth-order valence-corrected chi connectivity index (χ4v) is 2.97. The van der Waals surface area contributed by atoms with Gasteiger partial charge in [0.25, 0.3) is 0 Å². The fourth-order valence-electron chi connectivity index (χ4n) is 2.97. The van der Waals surface area contributed by atoms with Gasteiger partial charge in [-0.1, -0.05) is 6.92 Å². The van der Waals surface area contributed by atoms with Gasteiger partial charge < -0.3 is 10.8 Å². The molecule has 0 radical (unpaired) electrons. The average Bonchev–Trinajstić information content (AvgIpc) is 2.75. The third kappa shape index (κ3) is 1.75. The van der Waals surface area contributed by atoms with Gasteiger partial charge in [-0.2, -0.15) is 0 Å². The Morgan fingerprint density at radius 3 is 2.38 bits per heavy atom. The third-order valence-corrected chi connectivity index (χ3v) is 4.07. The summed E-state index contributed by atoms with van der Waals surface area (Å²) in [6, 6.07) is 0. The molecule has 0 aromatic carbocycles. The van der Waals surface area contributed by atoms with Crippen molar-refractivity contribution in [2.45, 2.75) is 38.7 Å². The summed E-state index contributed by atoms with van der Waals surface area (Å²) < 4.78 is 0. The Morgan fingerprint density at radius 2 is 1.92 bits per heavy atom. The van der Waals surface area contributed by atoms with Crippen molar-refractivity contribution in [1.29, 1.82) is 0 Å². The van der Waals surface area contributed by atoms with Crippen LogP contribution in [0.4, 0.5) is 0 Å². The van der Waals surface area contributed by atoms with Gasteiger partial charge >= 0.3 is 0 Å². The van der Waals surface area contributed by atoms with E-state index in [1.165, 1.54) is 19.3 Å². The van der Waals surface area contributed by atoms with Gasteiger partial charge in [-0.15, -0.1) is 0 Å². The van der Waals surface area contributed by atoms with Gasteiger partial charge in [0.05, 0.1) is 6.10 Å². The van der Waals surface area contributed by atoms with E-state index in [0.717, 1.165) is 18.3 Å². The normalized spacial score (nSPS) is 41.3. The molecule has 2 nitrogen and oxygen atoms in total. The zero-order valence-electron chi connectivity index (χ0n) is 8.45. The van der Waals surface area contributed by atoms with Crippen molar-refractivity contribution in [1.82, 2.24) is 0 Å². The van der Waals surface area contributed by atoms with E-state index in [9.17, 15) is 5.11 Å². The van der Waals surface area contributed by atoms with Crippen LogP contribution >= 0.6 is 0 Å². The van der Waals surface area contributed by atoms with E-state index in [0.29, 0.717) is 18.4 Å². The zero-order chi connectivity index (χ0) is 9.42. The molecule has 0 aromatic heterocycles. The van der Waals surface area contributed by atoms with Gasteiger partial charge in [-0.05, 0) is 55.9 Å². The first-order valence-corrected chi connectivity index (χ1v) is 5.64. The number of fused-ring (bicyclic) bond motifs is 1. The summed E-state index contributed by atoms with van der Waals surface area (Å²) in [5.41, 5.74) is 5.64. The lowest BCUT2D eigenvalue weighted by Gasteiger charge is -2.26. The van der Waals surface area contributed by atoms with E-state index in [1.807, 2.05) is 0 Å². The third-order valence-electron chi connectivity index (χ3n) is 4.07. The Hall–Kier alpha value is -0.0800. The maximum Gasteiger partial charge on any atom is 0.0608 e. The minimum Gasteiger partial charge on any atom is -0.393 e. The highest BCUT2D eigenvalue weighted by molar-refractivity contribution is 4.98. The van der Waals surface area contributed by atoms with E-state index in [-0.39, 0.29) is 6.10 Å². The summed E-state index contributed by atoms with van der Waals surface area (Å²) in [7, 11) is 0. The van der Waals surface area contributed by atoms with Crippen LogP contribution in [0.1, 0.15) is 32.6 Å². The monoisotopic (exact) mass is 183 g/mol. The second kappa shape index (κ2) is 3.58. The molecule has 0 bridgehead atoms. The number of nitrogens with two attached hydrogens (primary N) is 1. The van der Waals surface area contributed by atoms with Crippen LogP contribution in [-0.2, 0) is 0 Å². The molecular formula is C11H21NO. The number of hydrogen-bond donors (Lipinski definition) is 2. The van der Waals surface area contributed by atoms with E-state index < -0.39 is 0 Å². The molecular weight excluding hydrogens is 162 g/mol. The highest BCUT2D eigenvalue weighted by Crippen LogP contribution is 2.55. The van der Waals surface area contributed by atoms with Crippen LogP contribution in [0, 0.1) is 23.7 Å². The van der Waals surface area contributed by atoms with Gasteiger partial charge in [-0.25, -0.2) is 0 Å². The molecule has 4 unspecified atom stereocenters. The van der Waals surface area contributed by atoms with Gasteiger partial charge in [0, 0.05) is 0 Å². The SMILES string of the molecule is CCC(CN)C(O)C1CC2CC2C1. The molecule has 2 aliphatic carbocycles. The highest BCUT2D eigenvalue weighted by Gasteiger charge is 2.48.